The highest BCUT2D eigenvalue weighted by Crippen LogP contribution is 2.18. The molecule has 0 aliphatic heterocycles. The fourth-order valence-corrected chi connectivity index (χ4v) is 3.22. The minimum atomic E-state index is 0.147. The van der Waals surface area contributed by atoms with Gasteiger partial charge in [0.1, 0.15) is 0 Å². The molecule has 0 aliphatic rings. The van der Waals surface area contributed by atoms with Gasteiger partial charge in [-0.2, -0.15) is 11.8 Å². The molecule has 0 saturated carbocycles. The van der Waals surface area contributed by atoms with Gasteiger partial charge in [0.05, 0.1) is 0 Å². The van der Waals surface area contributed by atoms with Gasteiger partial charge in [0.25, 0.3) is 0 Å². The normalized spacial score (nSPS) is 12.5. The van der Waals surface area contributed by atoms with Gasteiger partial charge in [0, 0.05) is 29.6 Å². The Bertz CT molecular complexity index is 579. The lowest BCUT2D eigenvalue weighted by molar-refractivity contribution is -0.121. The number of thioether (sulfide) groups is 1. The van der Waals surface area contributed by atoms with Crippen LogP contribution in [0.25, 0.3) is 10.9 Å². The minimum absolute atomic E-state index is 0.147. The first-order valence-corrected chi connectivity index (χ1v) is 8.78. The number of para-hydroxylation sites is 1. The van der Waals surface area contributed by atoms with Crippen molar-refractivity contribution in [2.75, 3.05) is 11.5 Å². The maximum atomic E-state index is 12.0. The van der Waals surface area contributed by atoms with E-state index < -0.39 is 0 Å². The second kappa shape index (κ2) is 8.13. The Morgan fingerprint density at radius 3 is 3.00 bits per heavy atom. The topological polar surface area (TPSA) is 44.9 Å². The highest BCUT2D eigenvalue weighted by atomic mass is 32.2. The largest absolute Gasteiger partial charge is 0.361 e. The molecule has 1 amide bonds. The van der Waals surface area contributed by atoms with Crippen LogP contribution in [0.4, 0.5) is 0 Å². The summed E-state index contributed by atoms with van der Waals surface area (Å²) < 4.78 is 0. The van der Waals surface area contributed by atoms with Crippen molar-refractivity contribution < 1.29 is 4.79 Å². The lowest BCUT2D eigenvalue weighted by Gasteiger charge is -2.13. The molecule has 0 radical (unpaired) electrons. The van der Waals surface area contributed by atoms with Crippen molar-refractivity contribution in [2.24, 2.45) is 0 Å². The average molecular weight is 304 g/mol. The molecular formula is C17H24N2OS. The summed E-state index contributed by atoms with van der Waals surface area (Å²) in [6, 6.07) is 8.48. The van der Waals surface area contributed by atoms with Crippen molar-refractivity contribution in [2.45, 2.75) is 39.2 Å². The number of nitrogens with one attached hydrogen (secondary N) is 2. The zero-order valence-corrected chi connectivity index (χ0v) is 13.6. The van der Waals surface area contributed by atoms with E-state index in [4.69, 9.17) is 0 Å². The van der Waals surface area contributed by atoms with Gasteiger partial charge in [0.15, 0.2) is 0 Å². The van der Waals surface area contributed by atoms with Gasteiger partial charge >= 0.3 is 0 Å². The van der Waals surface area contributed by atoms with E-state index in [1.54, 1.807) is 0 Å². The predicted molar refractivity (Wildman–Crippen MR) is 91.8 cm³/mol. The fourth-order valence-electron chi connectivity index (χ4n) is 2.41. The number of aryl methyl sites for hydroxylation is 1. The van der Waals surface area contributed by atoms with Gasteiger partial charge in [-0.05, 0) is 42.9 Å². The van der Waals surface area contributed by atoms with Crippen LogP contribution in [-0.2, 0) is 11.2 Å². The summed E-state index contributed by atoms with van der Waals surface area (Å²) in [4.78, 5) is 15.2. The second-order valence-electron chi connectivity index (χ2n) is 5.31. The van der Waals surface area contributed by atoms with Crippen LogP contribution >= 0.6 is 11.8 Å². The highest BCUT2D eigenvalue weighted by Gasteiger charge is 2.09. The third kappa shape index (κ3) is 4.81. The van der Waals surface area contributed by atoms with E-state index in [1.165, 1.54) is 10.9 Å². The van der Waals surface area contributed by atoms with Crippen molar-refractivity contribution in [3.05, 3.63) is 36.0 Å². The fraction of sp³-hybridized carbons (Fsp3) is 0.471. The number of fused-ring (bicyclic) bond motifs is 1. The number of hydrogen-bond acceptors (Lipinski definition) is 2. The molecule has 1 aromatic heterocycles. The first kappa shape index (κ1) is 16.0. The van der Waals surface area contributed by atoms with E-state index in [0.717, 1.165) is 29.9 Å². The molecule has 1 aromatic carbocycles. The van der Waals surface area contributed by atoms with Gasteiger partial charge in [-0.3, -0.25) is 4.79 Å². The summed E-state index contributed by atoms with van der Waals surface area (Å²) in [5.74, 6) is 2.40. The van der Waals surface area contributed by atoms with E-state index in [0.29, 0.717) is 6.42 Å². The van der Waals surface area contributed by atoms with Crippen molar-refractivity contribution in [1.82, 2.24) is 10.3 Å². The third-order valence-corrected chi connectivity index (χ3v) is 4.54. The standard InChI is InChI=1S/C17H24N2OS/c1-3-21-11-10-13(2)19-17(20)9-8-14-12-18-16-7-5-4-6-15(14)16/h4-7,12-13,18H,3,8-11H2,1-2H3,(H,19,20). The van der Waals surface area contributed by atoms with E-state index in [2.05, 4.69) is 36.3 Å². The molecule has 0 fully saturated rings. The molecule has 1 unspecified atom stereocenters. The van der Waals surface area contributed by atoms with Crippen molar-refractivity contribution in [3.8, 4) is 0 Å². The number of rotatable bonds is 8. The van der Waals surface area contributed by atoms with Gasteiger partial charge in [-0.15, -0.1) is 0 Å². The first-order chi connectivity index (χ1) is 10.2. The maximum Gasteiger partial charge on any atom is 0.220 e. The monoisotopic (exact) mass is 304 g/mol. The van der Waals surface area contributed by atoms with Crippen molar-refractivity contribution in [3.63, 3.8) is 0 Å². The molecule has 114 valence electrons. The van der Waals surface area contributed by atoms with E-state index in [-0.39, 0.29) is 11.9 Å². The summed E-state index contributed by atoms with van der Waals surface area (Å²) in [6.07, 6.45) is 4.38. The molecule has 0 aliphatic carbocycles. The highest BCUT2D eigenvalue weighted by molar-refractivity contribution is 7.99. The Morgan fingerprint density at radius 1 is 1.38 bits per heavy atom. The van der Waals surface area contributed by atoms with Crippen molar-refractivity contribution in [1.29, 1.82) is 0 Å². The smallest absolute Gasteiger partial charge is 0.220 e. The molecule has 21 heavy (non-hydrogen) atoms. The number of benzene rings is 1. The summed E-state index contributed by atoms with van der Waals surface area (Å²) >= 11 is 1.92. The first-order valence-electron chi connectivity index (χ1n) is 7.62. The molecular weight excluding hydrogens is 280 g/mol. The average Bonchev–Trinajstić information content (AvgIpc) is 2.88. The summed E-state index contributed by atoms with van der Waals surface area (Å²) in [5, 5.41) is 4.31. The quantitative estimate of drug-likeness (QED) is 0.730. The predicted octanol–water partition coefficient (Wildman–Crippen LogP) is 3.75. The van der Waals surface area contributed by atoms with E-state index in [9.17, 15) is 4.79 Å². The number of carbonyl (C=O) groups excluding carboxylic acids is 1. The van der Waals surface area contributed by atoms with E-state index in [1.807, 2.05) is 30.1 Å². The van der Waals surface area contributed by atoms with Crippen LogP contribution < -0.4 is 5.32 Å². The molecule has 1 heterocycles. The molecule has 2 rings (SSSR count). The number of aromatic nitrogens is 1. The van der Waals surface area contributed by atoms with Gasteiger partial charge in [-0.25, -0.2) is 0 Å². The number of amides is 1. The molecule has 2 N–H and O–H groups in total. The number of hydrogen-bond donors (Lipinski definition) is 2. The summed E-state index contributed by atoms with van der Waals surface area (Å²) in [6.45, 7) is 4.24. The number of carbonyl (C=O) groups is 1. The lowest BCUT2D eigenvalue weighted by atomic mass is 10.1. The Morgan fingerprint density at radius 2 is 2.19 bits per heavy atom. The lowest BCUT2D eigenvalue weighted by Crippen LogP contribution is -2.33. The Kier molecular flexibility index (Phi) is 6.18. The van der Waals surface area contributed by atoms with Crippen LogP contribution in [0, 0.1) is 0 Å². The van der Waals surface area contributed by atoms with Crippen LogP contribution in [0.1, 0.15) is 32.3 Å². The van der Waals surface area contributed by atoms with Crippen LogP contribution in [0.15, 0.2) is 30.5 Å². The maximum absolute atomic E-state index is 12.0. The Hall–Kier alpha value is -1.42. The van der Waals surface area contributed by atoms with Crippen LogP contribution in [0.5, 0.6) is 0 Å². The van der Waals surface area contributed by atoms with Crippen LogP contribution in [0.3, 0.4) is 0 Å². The minimum Gasteiger partial charge on any atom is -0.361 e. The molecule has 0 spiro atoms. The van der Waals surface area contributed by atoms with Gasteiger partial charge < -0.3 is 10.3 Å². The van der Waals surface area contributed by atoms with Crippen LogP contribution in [-0.4, -0.2) is 28.4 Å². The summed E-state index contributed by atoms with van der Waals surface area (Å²) in [5.41, 5.74) is 2.35. The third-order valence-electron chi connectivity index (χ3n) is 3.60. The second-order valence-corrected chi connectivity index (χ2v) is 6.71. The Balaban J connectivity index is 1.78. The zero-order chi connectivity index (χ0) is 15.1. The van der Waals surface area contributed by atoms with E-state index >= 15 is 0 Å². The molecule has 0 bridgehead atoms. The molecule has 0 saturated heterocycles. The van der Waals surface area contributed by atoms with Crippen molar-refractivity contribution >= 4 is 28.6 Å². The van der Waals surface area contributed by atoms with Crippen LogP contribution in [0.2, 0.25) is 0 Å². The van der Waals surface area contributed by atoms with Gasteiger partial charge in [0.2, 0.25) is 5.91 Å². The molecule has 4 heteroatoms. The zero-order valence-electron chi connectivity index (χ0n) is 12.8. The SMILES string of the molecule is CCSCCC(C)NC(=O)CCc1c[nH]c2ccccc12. The number of aromatic amines is 1. The molecule has 3 nitrogen and oxygen atoms in total. The molecule has 1 atom stereocenters. The Labute approximate surface area is 130 Å². The van der Waals surface area contributed by atoms with Gasteiger partial charge in [-0.1, -0.05) is 25.1 Å². The molecule has 2 aromatic rings. The summed E-state index contributed by atoms with van der Waals surface area (Å²) in [7, 11) is 0. The number of H-pyrrole nitrogens is 1.